The Morgan fingerprint density at radius 2 is 1.77 bits per heavy atom. The number of aryl methyl sites for hydroxylation is 1. The molecule has 0 saturated heterocycles. The van der Waals surface area contributed by atoms with Crippen molar-refractivity contribution in [2.24, 2.45) is 0 Å². The quantitative estimate of drug-likeness (QED) is 0.512. The lowest BCUT2D eigenvalue weighted by atomic mass is 10.3. The van der Waals surface area contributed by atoms with Crippen molar-refractivity contribution >= 4 is 23.4 Å². The average molecular weight is 369 g/mol. The van der Waals surface area contributed by atoms with Crippen LogP contribution in [0.3, 0.4) is 0 Å². The van der Waals surface area contributed by atoms with Gasteiger partial charge in [-0.2, -0.15) is 0 Å². The molecule has 2 aromatic carbocycles. The summed E-state index contributed by atoms with van der Waals surface area (Å²) in [4.78, 5) is 12.3. The molecule has 26 heavy (non-hydrogen) atoms. The Bertz CT molecular complexity index is 880. The molecule has 0 aliphatic heterocycles. The van der Waals surface area contributed by atoms with Gasteiger partial charge in [0.05, 0.1) is 5.25 Å². The van der Waals surface area contributed by atoms with Crippen LogP contribution in [-0.4, -0.2) is 26.0 Å². The Hall–Kier alpha value is -3.00. The molecule has 1 atom stereocenters. The van der Waals surface area contributed by atoms with Crippen LogP contribution in [0.1, 0.15) is 12.7 Å². The highest BCUT2D eigenvalue weighted by atomic mass is 32.2. The number of hydrogen-bond donors (Lipinski definition) is 2. The van der Waals surface area contributed by atoms with Crippen LogP contribution < -0.4 is 15.9 Å². The van der Waals surface area contributed by atoms with Gasteiger partial charge in [0.2, 0.25) is 11.1 Å². The zero-order chi connectivity index (χ0) is 18.5. The summed E-state index contributed by atoms with van der Waals surface area (Å²) in [6, 6.07) is 16.7. The van der Waals surface area contributed by atoms with Crippen molar-refractivity contribution < 1.29 is 9.53 Å². The van der Waals surface area contributed by atoms with E-state index in [9.17, 15) is 4.79 Å². The molecule has 3 rings (SSSR count). The van der Waals surface area contributed by atoms with Crippen LogP contribution in [0.25, 0.3) is 0 Å². The van der Waals surface area contributed by atoms with Gasteiger partial charge in [-0.25, -0.2) is 4.68 Å². The number of amides is 1. The second kappa shape index (κ2) is 7.92. The Balaban J connectivity index is 1.57. The molecule has 8 heteroatoms. The van der Waals surface area contributed by atoms with E-state index in [2.05, 4.69) is 15.5 Å². The number of carbonyl (C=O) groups is 1. The summed E-state index contributed by atoms with van der Waals surface area (Å²) in [5.74, 6) is 7.71. The molecule has 7 nitrogen and oxygen atoms in total. The van der Waals surface area contributed by atoms with Crippen LogP contribution in [0.15, 0.2) is 59.8 Å². The largest absolute Gasteiger partial charge is 0.457 e. The molecule has 3 N–H and O–H groups in total. The van der Waals surface area contributed by atoms with Crippen molar-refractivity contribution in [3.05, 3.63) is 60.4 Å². The molecular formula is C18H19N5O2S. The first-order chi connectivity index (χ1) is 12.5. The minimum Gasteiger partial charge on any atom is -0.457 e. The highest BCUT2D eigenvalue weighted by molar-refractivity contribution is 8.00. The van der Waals surface area contributed by atoms with E-state index in [1.165, 1.54) is 16.4 Å². The lowest BCUT2D eigenvalue weighted by Crippen LogP contribution is -2.23. The summed E-state index contributed by atoms with van der Waals surface area (Å²) in [5.41, 5.74) is 0.688. The zero-order valence-corrected chi connectivity index (χ0v) is 15.2. The summed E-state index contributed by atoms with van der Waals surface area (Å²) in [7, 11) is 0. The van der Waals surface area contributed by atoms with Crippen LogP contribution in [0, 0.1) is 6.92 Å². The van der Waals surface area contributed by atoms with Gasteiger partial charge in [-0.3, -0.25) is 4.79 Å². The van der Waals surface area contributed by atoms with E-state index in [0.29, 0.717) is 22.4 Å². The normalized spacial score (nSPS) is 11.8. The summed E-state index contributed by atoms with van der Waals surface area (Å²) < 4.78 is 7.10. The number of nitrogens with zero attached hydrogens (tertiary/aromatic N) is 3. The molecule has 1 heterocycles. The van der Waals surface area contributed by atoms with E-state index in [1.807, 2.05) is 30.3 Å². The number of hydrogen-bond acceptors (Lipinski definition) is 6. The second-order valence-corrected chi connectivity index (χ2v) is 6.90. The maximum atomic E-state index is 12.3. The lowest BCUT2D eigenvalue weighted by Gasteiger charge is -2.12. The Labute approximate surface area is 155 Å². The maximum Gasteiger partial charge on any atom is 0.237 e. The fraction of sp³-hybridized carbons (Fsp3) is 0.167. The van der Waals surface area contributed by atoms with E-state index in [0.717, 1.165) is 5.75 Å². The Morgan fingerprint density at radius 1 is 1.12 bits per heavy atom. The first-order valence-electron chi connectivity index (χ1n) is 8.00. The van der Waals surface area contributed by atoms with Gasteiger partial charge >= 0.3 is 0 Å². The highest BCUT2D eigenvalue weighted by Crippen LogP contribution is 2.24. The molecule has 0 aliphatic carbocycles. The van der Waals surface area contributed by atoms with Crippen LogP contribution in [0.2, 0.25) is 0 Å². The van der Waals surface area contributed by atoms with Crippen LogP contribution >= 0.6 is 11.8 Å². The molecule has 0 fully saturated rings. The van der Waals surface area contributed by atoms with Crippen molar-refractivity contribution in [1.82, 2.24) is 14.9 Å². The van der Waals surface area contributed by atoms with Gasteiger partial charge in [0.15, 0.2) is 0 Å². The molecule has 134 valence electrons. The molecule has 0 unspecified atom stereocenters. The number of rotatable bonds is 6. The number of nitrogens with two attached hydrogens (primary N) is 1. The number of nitrogens with one attached hydrogen (secondary N) is 1. The Kier molecular flexibility index (Phi) is 5.43. The van der Waals surface area contributed by atoms with Gasteiger partial charge < -0.3 is 15.9 Å². The standard InChI is InChI=1S/C18H19N5O2S/c1-12(26-18-22-21-13(2)23(18)19)17(24)20-14-8-10-16(11-9-14)25-15-6-4-3-5-7-15/h3-12H,19H2,1-2H3,(H,20,24)/t12-/m0/s1. The number of thioether (sulfide) groups is 1. The van der Waals surface area contributed by atoms with Gasteiger partial charge in [0.1, 0.15) is 17.3 Å². The maximum absolute atomic E-state index is 12.3. The summed E-state index contributed by atoms with van der Waals surface area (Å²) >= 11 is 1.25. The molecule has 1 amide bonds. The number of para-hydroxylation sites is 1. The third kappa shape index (κ3) is 4.34. The number of ether oxygens (including phenoxy) is 1. The smallest absolute Gasteiger partial charge is 0.237 e. The van der Waals surface area contributed by atoms with Crippen LogP contribution in [0.5, 0.6) is 11.5 Å². The van der Waals surface area contributed by atoms with Crippen molar-refractivity contribution in [1.29, 1.82) is 0 Å². The average Bonchev–Trinajstić information content (AvgIpc) is 2.96. The predicted molar refractivity (Wildman–Crippen MR) is 102 cm³/mol. The number of carbonyl (C=O) groups excluding carboxylic acids is 1. The first kappa shape index (κ1) is 17.8. The van der Waals surface area contributed by atoms with E-state index < -0.39 is 0 Å². The topological polar surface area (TPSA) is 95.1 Å². The number of anilines is 1. The molecular weight excluding hydrogens is 350 g/mol. The SMILES string of the molecule is Cc1nnc(S[C@@H](C)C(=O)Nc2ccc(Oc3ccccc3)cc2)n1N. The van der Waals surface area contributed by atoms with Gasteiger partial charge in [-0.15, -0.1) is 10.2 Å². The van der Waals surface area contributed by atoms with Crippen LogP contribution in [-0.2, 0) is 4.79 Å². The number of nitrogen functional groups attached to an aromatic ring is 1. The second-order valence-electron chi connectivity index (χ2n) is 5.59. The molecule has 0 saturated carbocycles. The number of aromatic nitrogens is 3. The molecule has 0 radical (unpaired) electrons. The van der Waals surface area contributed by atoms with E-state index in [1.54, 1.807) is 38.1 Å². The van der Waals surface area contributed by atoms with Gasteiger partial charge in [0.25, 0.3) is 0 Å². The summed E-state index contributed by atoms with van der Waals surface area (Å²) in [5, 5.41) is 10.8. The molecule has 0 aliphatic rings. The summed E-state index contributed by atoms with van der Waals surface area (Å²) in [6.45, 7) is 3.54. The lowest BCUT2D eigenvalue weighted by molar-refractivity contribution is -0.115. The van der Waals surface area contributed by atoms with Crippen LogP contribution in [0.4, 0.5) is 5.69 Å². The molecule has 0 spiro atoms. The zero-order valence-electron chi connectivity index (χ0n) is 14.4. The van der Waals surface area contributed by atoms with E-state index >= 15 is 0 Å². The van der Waals surface area contributed by atoms with E-state index in [4.69, 9.17) is 10.6 Å². The first-order valence-corrected chi connectivity index (χ1v) is 8.88. The molecule has 3 aromatic rings. The van der Waals surface area contributed by atoms with Crippen molar-refractivity contribution in [3.8, 4) is 11.5 Å². The van der Waals surface area contributed by atoms with Gasteiger partial charge in [-0.05, 0) is 50.2 Å². The minimum atomic E-state index is -0.374. The van der Waals surface area contributed by atoms with Gasteiger partial charge in [0, 0.05) is 5.69 Å². The molecule has 0 bridgehead atoms. The fourth-order valence-electron chi connectivity index (χ4n) is 2.12. The third-order valence-electron chi connectivity index (χ3n) is 3.59. The van der Waals surface area contributed by atoms with Gasteiger partial charge in [-0.1, -0.05) is 30.0 Å². The minimum absolute atomic E-state index is 0.146. The Morgan fingerprint density at radius 3 is 2.38 bits per heavy atom. The fourth-order valence-corrected chi connectivity index (χ4v) is 2.93. The van der Waals surface area contributed by atoms with Crippen molar-refractivity contribution in [2.45, 2.75) is 24.3 Å². The predicted octanol–water partition coefficient (Wildman–Crippen LogP) is 3.21. The number of benzene rings is 2. The summed E-state index contributed by atoms with van der Waals surface area (Å²) in [6.07, 6.45) is 0. The highest BCUT2D eigenvalue weighted by Gasteiger charge is 2.18. The monoisotopic (exact) mass is 369 g/mol. The third-order valence-corrected chi connectivity index (χ3v) is 4.64. The van der Waals surface area contributed by atoms with Crippen molar-refractivity contribution in [3.63, 3.8) is 0 Å². The molecule has 1 aromatic heterocycles. The van der Waals surface area contributed by atoms with Crippen molar-refractivity contribution in [2.75, 3.05) is 11.2 Å². The van der Waals surface area contributed by atoms with E-state index in [-0.39, 0.29) is 11.2 Å².